The first-order valence-corrected chi connectivity index (χ1v) is 4.84. The quantitative estimate of drug-likeness (QED) is 0.306. The molecule has 5 heteroatoms. The summed E-state index contributed by atoms with van der Waals surface area (Å²) in [4.78, 5) is 0. The molecule has 0 radical (unpaired) electrons. The molecule has 0 aliphatic heterocycles. The Morgan fingerprint density at radius 2 is 1.93 bits per heavy atom. The molecule has 0 aromatic rings. The lowest BCUT2D eigenvalue weighted by molar-refractivity contribution is -0.249. The number of methoxy groups -OCH3 is 1. The van der Waals surface area contributed by atoms with Crippen molar-refractivity contribution in [3.63, 3.8) is 0 Å². The maximum absolute atomic E-state index is 8.68. The molecule has 0 amide bonds. The average Bonchev–Trinajstić information content (AvgIpc) is 2.26. The molecule has 0 aromatic carbocycles. The van der Waals surface area contributed by atoms with Crippen molar-refractivity contribution in [2.75, 3.05) is 40.1 Å². The Kier molecular flexibility index (Phi) is 8.55. The van der Waals surface area contributed by atoms with Crippen LogP contribution in [0.5, 0.6) is 0 Å². The van der Waals surface area contributed by atoms with Gasteiger partial charge in [0.05, 0.1) is 26.4 Å². The topological polar surface area (TPSA) is 68.2 Å². The third-order valence-electron chi connectivity index (χ3n) is 1.84. The van der Waals surface area contributed by atoms with Crippen LogP contribution in [0.15, 0.2) is 12.7 Å². The van der Waals surface area contributed by atoms with Gasteiger partial charge in [-0.1, -0.05) is 6.08 Å². The molecule has 0 bridgehead atoms. The molecule has 0 spiro atoms. The van der Waals surface area contributed by atoms with Gasteiger partial charge in [-0.2, -0.15) is 0 Å². The van der Waals surface area contributed by atoms with Gasteiger partial charge in [0.15, 0.2) is 5.79 Å². The van der Waals surface area contributed by atoms with E-state index in [2.05, 4.69) is 6.58 Å². The van der Waals surface area contributed by atoms with E-state index in [0.29, 0.717) is 6.42 Å². The standard InChI is InChI=1S/C10H20O5/c1-3-4-10(13-2,15-8-6-12)9-14-7-5-11/h3,11-12H,1,4-9H2,2H3. The zero-order chi connectivity index (χ0) is 11.6. The molecule has 0 fully saturated rings. The first-order chi connectivity index (χ1) is 7.24. The Hall–Kier alpha value is -0.460. The van der Waals surface area contributed by atoms with Crippen molar-refractivity contribution in [3.8, 4) is 0 Å². The van der Waals surface area contributed by atoms with E-state index >= 15 is 0 Å². The molecule has 0 aliphatic rings. The van der Waals surface area contributed by atoms with Gasteiger partial charge in [-0.3, -0.25) is 0 Å². The third kappa shape index (κ3) is 5.86. The summed E-state index contributed by atoms with van der Waals surface area (Å²) in [6.45, 7) is 4.06. The van der Waals surface area contributed by atoms with Crippen LogP contribution in [-0.2, 0) is 14.2 Å². The van der Waals surface area contributed by atoms with Crippen LogP contribution < -0.4 is 0 Å². The summed E-state index contributed by atoms with van der Waals surface area (Å²) in [6, 6.07) is 0. The first kappa shape index (κ1) is 14.5. The van der Waals surface area contributed by atoms with E-state index in [0.717, 1.165) is 0 Å². The summed E-state index contributed by atoms with van der Waals surface area (Å²) in [5, 5.41) is 17.3. The summed E-state index contributed by atoms with van der Waals surface area (Å²) in [6.07, 6.45) is 2.11. The van der Waals surface area contributed by atoms with Crippen LogP contribution in [0.3, 0.4) is 0 Å². The van der Waals surface area contributed by atoms with Gasteiger partial charge in [0.2, 0.25) is 0 Å². The van der Waals surface area contributed by atoms with Crippen molar-refractivity contribution in [2.24, 2.45) is 0 Å². The molecule has 2 N–H and O–H groups in total. The van der Waals surface area contributed by atoms with Crippen molar-refractivity contribution in [2.45, 2.75) is 12.2 Å². The molecule has 15 heavy (non-hydrogen) atoms. The van der Waals surface area contributed by atoms with E-state index in [4.69, 9.17) is 24.4 Å². The van der Waals surface area contributed by atoms with Gasteiger partial charge in [-0.15, -0.1) is 6.58 Å². The number of hydrogen-bond acceptors (Lipinski definition) is 5. The van der Waals surface area contributed by atoms with Gasteiger partial charge in [-0.05, 0) is 0 Å². The smallest absolute Gasteiger partial charge is 0.195 e. The minimum absolute atomic E-state index is 0.0477. The number of aliphatic hydroxyl groups is 2. The van der Waals surface area contributed by atoms with Gasteiger partial charge >= 0.3 is 0 Å². The van der Waals surface area contributed by atoms with Crippen molar-refractivity contribution >= 4 is 0 Å². The molecular formula is C10H20O5. The van der Waals surface area contributed by atoms with E-state index in [1.165, 1.54) is 7.11 Å². The SMILES string of the molecule is C=CCC(COCCO)(OC)OCCO. The molecular weight excluding hydrogens is 200 g/mol. The summed E-state index contributed by atoms with van der Waals surface area (Å²) in [7, 11) is 1.50. The van der Waals surface area contributed by atoms with Crippen LogP contribution in [0.2, 0.25) is 0 Å². The highest BCUT2D eigenvalue weighted by Gasteiger charge is 2.29. The first-order valence-electron chi connectivity index (χ1n) is 4.84. The second-order valence-electron chi connectivity index (χ2n) is 2.96. The van der Waals surface area contributed by atoms with Gasteiger partial charge in [-0.25, -0.2) is 0 Å². The molecule has 0 aliphatic carbocycles. The predicted molar refractivity (Wildman–Crippen MR) is 55.5 cm³/mol. The highest BCUT2D eigenvalue weighted by Crippen LogP contribution is 2.18. The maximum Gasteiger partial charge on any atom is 0.195 e. The van der Waals surface area contributed by atoms with Crippen molar-refractivity contribution in [1.82, 2.24) is 0 Å². The molecule has 90 valence electrons. The lowest BCUT2D eigenvalue weighted by Crippen LogP contribution is -2.40. The van der Waals surface area contributed by atoms with Gasteiger partial charge in [0, 0.05) is 13.5 Å². The van der Waals surface area contributed by atoms with Crippen molar-refractivity contribution in [3.05, 3.63) is 12.7 Å². The molecule has 0 saturated heterocycles. The summed E-state index contributed by atoms with van der Waals surface area (Å²) >= 11 is 0. The predicted octanol–water partition coefficient (Wildman–Crippen LogP) is -0.0770. The van der Waals surface area contributed by atoms with Gasteiger partial charge in [0.1, 0.15) is 6.61 Å². The second-order valence-corrected chi connectivity index (χ2v) is 2.96. The number of rotatable bonds is 10. The molecule has 1 atom stereocenters. The van der Waals surface area contributed by atoms with Crippen LogP contribution >= 0.6 is 0 Å². The van der Waals surface area contributed by atoms with E-state index < -0.39 is 5.79 Å². The fourth-order valence-electron chi connectivity index (χ4n) is 1.10. The third-order valence-corrected chi connectivity index (χ3v) is 1.84. The largest absolute Gasteiger partial charge is 0.394 e. The van der Waals surface area contributed by atoms with E-state index in [1.807, 2.05) is 0 Å². The lowest BCUT2D eigenvalue weighted by atomic mass is 10.2. The van der Waals surface area contributed by atoms with Crippen LogP contribution in [0.4, 0.5) is 0 Å². The minimum Gasteiger partial charge on any atom is -0.394 e. The molecule has 1 unspecified atom stereocenters. The minimum atomic E-state index is -0.917. The van der Waals surface area contributed by atoms with E-state index in [1.54, 1.807) is 6.08 Å². The Morgan fingerprint density at radius 1 is 1.27 bits per heavy atom. The molecule has 0 saturated carbocycles. The van der Waals surface area contributed by atoms with E-state index in [9.17, 15) is 0 Å². The fraction of sp³-hybridized carbons (Fsp3) is 0.800. The Morgan fingerprint density at radius 3 is 2.40 bits per heavy atom. The highest BCUT2D eigenvalue weighted by molar-refractivity contribution is 4.80. The summed E-state index contributed by atoms with van der Waals surface area (Å²) < 4.78 is 15.7. The fourth-order valence-corrected chi connectivity index (χ4v) is 1.10. The molecule has 0 rings (SSSR count). The lowest BCUT2D eigenvalue weighted by Gasteiger charge is -2.30. The Bertz CT molecular complexity index is 162. The monoisotopic (exact) mass is 220 g/mol. The van der Waals surface area contributed by atoms with Gasteiger partial charge in [0.25, 0.3) is 0 Å². The van der Waals surface area contributed by atoms with Crippen LogP contribution in [0.1, 0.15) is 6.42 Å². The number of aliphatic hydroxyl groups excluding tert-OH is 2. The van der Waals surface area contributed by atoms with Crippen LogP contribution in [-0.4, -0.2) is 56.1 Å². The molecule has 5 nitrogen and oxygen atoms in total. The van der Waals surface area contributed by atoms with Crippen molar-refractivity contribution in [1.29, 1.82) is 0 Å². The van der Waals surface area contributed by atoms with E-state index in [-0.39, 0.29) is 33.0 Å². The Balaban J connectivity index is 4.14. The summed E-state index contributed by atoms with van der Waals surface area (Å²) in [5.74, 6) is -0.917. The number of ether oxygens (including phenoxy) is 3. The molecule has 0 aromatic heterocycles. The van der Waals surface area contributed by atoms with Crippen molar-refractivity contribution < 1.29 is 24.4 Å². The van der Waals surface area contributed by atoms with Crippen LogP contribution in [0.25, 0.3) is 0 Å². The zero-order valence-electron chi connectivity index (χ0n) is 9.15. The maximum atomic E-state index is 8.68. The zero-order valence-corrected chi connectivity index (χ0v) is 9.15. The Labute approximate surface area is 90.3 Å². The second kappa shape index (κ2) is 8.82. The normalized spacial score (nSPS) is 14.9. The van der Waals surface area contributed by atoms with Crippen LogP contribution in [0, 0.1) is 0 Å². The average molecular weight is 220 g/mol. The summed E-state index contributed by atoms with van der Waals surface area (Å²) in [5.41, 5.74) is 0. The van der Waals surface area contributed by atoms with Gasteiger partial charge < -0.3 is 24.4 Å². The molecule has 0 heterocycles. The highest BCUT2D eigenvalue weighted by atomic mass is 16.7. The number of hydrogen-bond donors (Lipinski definition) is 2.